The number of benzene rings is 2. The predicted octanol–water partition coefficient (Wildman–Crippen LogP) is 5.15. The molecule has 3 aromatic rings. The number of non-ortho nitro benzene ring substituents is 1. The quantitative estimate of drug-likeness (QED) is 0.375. The Morgan fingerprint density at radius 2 is 2.10 bits per heavy atom. The van der Waals surface area contributed by atoms with Crippen LogP contribution in [0.25, 0.3) is 10.2 Å². The van der Waals surface area contributed by atoms with E-state index in [1.807, 2.05) is 24.3 Å². The molecule has 0 atom stereocenters. The number of thioether (sulfide) groups is 1. The van der Waals surface area contributed by atoms with Crippen LogP contribution in [0.15, 0.2) is 46.8 Å². The van der Waals surface area contributed by atoms with Crippen molar-refractivity contribution in [3.8, 4) is 0 Å². The summed E-state index contributed by atoms with van der Waals surface area (Å²) in [5, 5.41) is 11.3. The monoisotopic (exact) mass is 336 g/mol. The lowest BCUT2D eigenvalue weighted by Gasteiger charge is -2.02. The number of rotatable bonds is 4. The molecule has 0 fully saturated rings. The summed E-state index contributed by atoms with van der Waals surface area (Å²) < 4.78 is 2.06. The van der Waals surface area contributed by atoms with Crippen LogP contribution in [-0.2, 0) is 5.75 Å². The summed E-state index contributed by atoms with van der Waals surface area (Å²) in [4.78, 5) is 14.9. The van der Waals surface area contributed by atoms with E-state index in [0.29, 0.717) is 10.8 Å². The number of halogens is 1. The van der Waals surface area contributed by atoms with Gasteiger partial charge in [-0.25, -0.2) is 4.98 Å². The Kier molecular flexibility index (Phi) is 4.10. The highest BCUT2D eigenvalue weighted by molar-refractivity contribution is 8.00. The van der Waals surface area contributed by atoms with Gasteiger partial charge in [-0.3, -0.25) is 10.1 Å². The number of aromatic nitrogens is 1. The molecule has 3 rings (SSSR count). The molecular formula is C14H9ClN2O2S2. The van der Waals surface area contributed by atoms with Crippen molar-refractivity contribution >= 4 is 50.6 Å². The lowest BCUT2D eigenvalue weighted by molar-refractivity contribution is -0.384. The van der Waals surface area contributed by atoms with Crippen LogP contribution in [0.5, 0.6) is 0 Å². The van der Waals surface area contributed by atoms with Crippen molar-refractivity contribution in [2.45, 2.75) is 10.1 Å². The van der Waals surface area contributed by atoms with Crippen LogP contribution < -0.4 is 0 Å². The maximum atomic E-state index is 10.8. The largest absolute Gasteiger partial charge is 0.269 e. The van der Waals surface area contributed by atoms with Gasteiger partial charge in [-0.2, -0.15) is 0 Å². The Labute approximate surface area is 133 Å². The van der Waals surface area contributed by atoms with Gasteiger partial charge in [0.15, 0.2) is 4.34 Å². The molecule has 1 heterocycles. The first kappa shape index (κ1) is 14.3. The number of fused-ring (bicyclic) bond motifs is 1. The summed E-state index contributed by atoms with van der Waals surface area (Å²) in [5.74, 6) is 0.556. The van der Waals surface area contributed by atoms with E-state index < -0.39 is 4.92 Å². The van der Waals surface area contributed by atoms with Gasteiger partial charge in [0.1, 0.15) is 0 Å². The molecule has 21 heavy (non-hydrogen) atoms. The van der Waals surface area contributed by atoms with Gasteiger partial charge >= 0.3 is 0 Å². The number of nitrogens with zero attached hydrogens (tertiary/aromatic N) is 2. The first-order valence-corrected chi connectivity index (χ1v) is 8.22. The van der Waals surface area contributed by atoms with Gasteiger partial charge in [-0.05, 0) is 23.8 Å². The molecule has 0 aliphatic rings. The minimum Gasteiger partial charge on any atom is -0.258 e. The van der Waals surface area contributed by atoms with Gasteiger partial charge in [-0.1, -0.05) is 35.5 Å². The molecule has 0 aliphatic carbocycles. The molecule has 0 saturated heterocycles. The van der Waals surface area contributed by atoms with E-state index in [2.05, 4.69) is 4.98 Å². The third-order valence-electron chi connectivity index (χ3n) is 2.87. The second-order valence-electron chi connectivity index (χ2n) is 4.27. The molecule has 2 aromatic carbocycles. The molecule has 0 N–H and O–H groups in total. The van der Waals surface area contributed by atoms with Gasteiger partial charge in [0.05, 0.1) is 15.1 Å². The van der Waals surface area contributed by atoms with Crippen LogP contribution in [0.1, 0.15) is 5.56 Å². The van der Waals surface area contributed by atoms with Crippen LogP contribution >= 0.6 is 34.7 Å². The van der Waals surface area contributed by atoms with Gasteiger partial charge in [-0.15, -0.1) is 11.3 Å². The van der Waals surface area contributed by atoms with Crippen LogP contribution in [0.3, 0.4) is 0 Å². The zero-order chi connectivity index (χ0) is 14.8. The lowest BCUT2D eigenvalue weighted by Crippen LogP contribution is -1.90. The molecule has 0 amide bonds. The van der Waals surface area contributed by atoms with Crippen molar-refractivity contribution in [3.63, 3.8) is 0 Å². The van der Waals surface area contributed by atoms with Gasteiger partial charge in [0, 0.05) is 22.9 Å². The zero-order valence-electron chi connectivity index (χ0n) is 10.7. The molecule has 0 bridgehead atoms. The van der Waals surface area contributed by atoms with Crippen molar-refractivity contribution in [2.75, 3.05) is 0 Å². The smallest absolute Gasteiger partial charge is 0.258 e. The predicted molar refractivity (Wildman–Crippen MR) is 87.3 cm³/mol. The van der Waals surface area contributed by atoms with E-state index in [4.69, 9.17) is 11.6 Å². The summed E-state index contributed by atoms with van der Waals surface area (Å²) in [5.41, 5.74) is 1.77. The first-order chi connectivity index (χ1) is 10.1. The molecule has 0 saturated carbocycles. The number of thiazole rings is 1. The topological polar surface area (TPSA) is 56.0 Å². The molecule has 7 heteroatoms. The highest BCUT2D eigenvalue weighted by atomic mass is 35.5. The third-order valence-corrected chi connectivity index (χ3v) is 5.46. The molecule has 106 valence electrons. The molecule has 0 spiro atoms. The fourth-order valence-corrected chi connectivity index (χ4v) is 4.16. The Balaban J connectivity index is 1.80. The third kappa shape index (κ3) is 3.18. The summed E-state index contributed by atoms with van der Waals surface area (Å²) in [6, 6.07) is 12.4. The normalized spacial score (nSPS) is 10.9. The number of hydrogen-bond acceptors (Lipinski definition) is 5. The van der Waals surface area contributed by atoms with Gasteiger partial charge in [0.25, 0.3) is 5.69 Å². The summed E-state index contributed by atoms with van der Waals surface area (Å²) in [6.07, 6.45) is 0. The fraction of sp³-hybridized carbons (Fsp3) is 0.0714. The summed E-state index contributed by atoms with van der Waals surface area (Å²) in [6.45, 7) is 0. The second kappa shape index (κ2) is 6.01. The van der Waals surface area contributed by atoms with E-state index in [1.165, 1.54) is 23.9 Å². The Morgan fingerprint density at radius 1 is 1.29 bits per heavy atom. The Morgan fingerprint density at radius 3 is 2.86 bits per heavy atom. The Bertz CT molecular complexity index is 787. The van der Waals surface area contributed by atoms with Gasteiger partial charge < -0.3 is 0 Å². The second-order valence-corrected chi connectivity index (χ2v) is 6.93. The van der Waals surface area contributed by atoms with Crippen LogP contribution in [0.4, 0.5) is 5.69 Å². The minimum absolute atomic E-state index is 0.0549. The van der Waals surface area contributed by atoms with Crippen LogP contribution in [-0.4, -0.2) is 9.91 Å². The van der Waals surface area contributed by atoms with Crippen molar-refractivity contribution in [2.24, 2.45) is 0 Å². The van der Waals surface area contributed by atoms with E-state index in [0.717, 1.165) is 20.1 Å². The first-order valence-electron chi connectivity index (χ1n) is 6.04. The number of nitro groups is 1. The lowest BCUT2D eigenvalue weighted by atomic mass is 10.2. The van der Waals surface area contributed by atoms with E-state index in [9.17, 15) is 10.1 Å². The maximum absolute atomic E-state index is 10.8. The van der Waals surface area contributed by atoms with Crippen LogP contribution in [0, 0.1) is 10.1 Å². The molecule has 0 unspecified atom stereocenters. The number of nitro benzene ring substituents is 1. The van der Waals surface area contributed by atoms with Crippen molar-refractivity contribution in [1.29, 1.82) is 0 Å². The molecule has 0 aliphatic heterocycles. The van der Waals surface area contributed by atoms with Crippen molar-refractivity contribution in [3.05, 3.63) is 63.2 Å². The van der Waals surface area contributed by atoms with E-state index in [-0.39, 0.29) is 5.69 Å². The van der Waals surface area contributed by atoms with Crippen molar-refractivity contribution < 1.29 is 4.92 Å². The van der Waals surface area contributed by atoms with Gasteiger partial charge in [0.2, 0.25) is 0 Å². The average molecular weight is 337 g/mol. The van der Waals surface area contributed by atoms with E-state index >= 15 is 0 Å². The number of hydrogen-bond donors (Lipinski definition) is 0. The standard InChI is InChI=1S/C14H9ClN2O2S2/c15-11-6-5-10(17(18)19)7-9(11)8-20-14-16-12-3-1-2-4-13(12)21-14/h1-7H,8H2. The minimum atomic E-state index is -0.415. The van der Waals surface area contributed by atoms with Crippen LogP contribution in [0.2, 0.25) is 5.02 Å². The highest BCUT2D eigenvalue weighted by Crippen LogP contribution is 2.33. The highest BCUT2D eigenvalue weighted by Gasteiger charge is 2.11. The average Bonchev–Trinajstić information content (AvgIpc) is 2.89. The molecular weight excluding hydrogens is 328 g/mol. The van der Waals surface area contributed by atoms with Crippen molar-refractivity contribution in [1.82, 2.24) is 4.98 Å². The maximum Gasteiger partial charge on any atom is 0.269 e. The zero-order valence-corrected chi connectivity index (χ0v) is 13.0. The summed E-state index contributed by atoms with van der Waals surface area (Å²) >= 11 is 9.23. The molecule has 4 nitrogen and oxygen atoms in total. The summed E-state index contributed by atoms with van der Waals surface area (Å²) in [7, 11) is 0. The van der Waals surface area contributed by atoms with E-state index in [1.54, 1.807) is 17.4 Å². The fourth-order valence-electron chi connectivity index (χ4n) is 1.84. The SMILES string of the molecule is O=[N+]([O-])c1ccc(Cl)c(CSc2nc3ccccc3s2)c1. The molecule has 1 aromatic heterocycles. The number of para-hydroxylation sites is 1. The Hall–Kier alpha value is -1.63. The molecule has 0 radical (unpaired) electrons.